The Morgan fingerprint density at radius 3 is 2.71 bits per heavy atom. The van der Waals surface area contributed by atoms with Gasteiger partial charge in [0.1, 0.15) is 11.5 Å². The molecule has 1 rings (SSSR count). The van der Waals surface area contributed by atoms with Gasteiger partial charge in [-0.2, -0.15) is 0 Å². The van der Waals surface area contributed by atoms with Crippen LogP contribution in [0.4, 0.5) is 0 Å². The molecule has 0 aliphatic heterocycles. The summed E-state index contributed by atoms with van der Waals surface area (Å²) in [5, 5.41) is 3.31. The summed E-state index contributed by atoms with van der Waals surface area (Å²) in [6.07, 6.45) is 5.29. The third-order valence-electron chi connectivity index (χ3n) is 2.42. The highest BCUT2D eigenvalue weighted by atomic mass is 16.5. The normalized spacial score (nSPS) is 10.8. The Morgan fingerprint density at radius 2 is 2.06 bits per heavy atom. The SMILES string of the molecule is CCCNCC=Cc1cc(OC)ccc1OC. The second-order valence-corrected chi connectivity index (χ2v) is 3.71. The van der Waals surface area contributed by atoms with Crippen LogP contribution in [0.2, 0.25) is 0 Å². The predicted octanol–water partition coefficient (Wildman–Crippen LogP) is 2.72. The van der Waals surface area contributed by atoms with Crippen molar-refractivity contribution in [2.24, 2.45) is 0 Å². The van der Waals surface area contributed by atoms with Crippen LogP contribution >= 0.6 is 0 Å². The molecule has 0 saturated heterocycles. The number of hydrogen-bond donors (Lipinski definition) is 1. The fourth-order valence-electron chi connectivity index (χ4n) is 1.52. The van der Waals surface area contributed by atoms with E-state index in [4.69, 9.17) is 9.47 Å². The highest BCUT2D eigenvalue weighted by Crippen LogP contribution is 2.24. The molecule has 1 N–H and O–H groups in total. The van der Waals surface area contributed by atoms with Crippen LogP contribution in [0, 0.1) is 0 Å². The molecule has 1 aromatic carbocycles. The molecular weight excluding hydrogens is 214 g/mol. The molecule has 3 heteroatoms. The van der Waals surface area contributed by atoms with Gasteiger partial charge >= 0.3 is 0 Å². The van der Waals surface area contributed by atoms with Crippen LogP contribution < -0.4 is 14.8 Å². The lowest BCUT2D eigenvalue weighted by molar-refractivity contribution is 0.402. The molecule has 0 amide bonds. The molecule has 94 valence electrons. The smallest absolute Gasteiger partial charge is 0.126 e. The fraction of sp³-hybridized carbons (Fsp3) is 0.429. The van der Waals surface area contributed by atoms with E-state index in [2.05, 4.69) is 18.3 Å². The van der Waals surface area contributed by atoms with Crippen molar-refractivity contribution < 1.29 is 9.47 Å². The van der Waals surface area contributed by atoms with E-state index in [9.17, 15) is 0 Å². The molecule has 0 radical (unpaired) electrons. The summed E-state index contributed by atoms with van der Waals surface area (Å²) in [7, 11) is 3.34. The summed E-state index contributed by atoms with van der Waals surface area (Å²) >= 11 is 0. The van der Waals surface area contributed by atoms with Crippen molar-refractivity contribution in [3.8, 4) is 11.5 Å². The van der Waals surface area contributed by atoms with Gasteiger partial charge in [-0.1, -0.05) is 19.1 Å². The predicted molar refractivity (Wildman–Crippen MR) is 71.7 cm³/mol. The summed E-state index contributed by atoms with van der Waals surface area (Å²) in [6.45, 7) is 4.07. The van der Waals surface area contributed by atoms with Crippen LogP contribution in [0.3, 0.4) is 0 Å². The van der Waals surface area contributed by atoms with Crippen LogP contribution in [-0.2, 0) is 0 Å². The molecule has 0 aliphatic rings. The van der Waals surface area contributed by atoms with Gasteiger partial charge in [0.15, 0.2) is 0 Å². The lowest BCUT2D eigenvalue weighted by Gasteiger charge is -2.07. The van der Waals surface area contributed by atoms with E-state index in [1.54, 1.807) is 14.2 Å². The largest absolute Gasteiger partial charge is 0.497 e. The third-order valence-corrected chi connectivity index (χ3v) is 2.42. The number of benzene rings is 1. The first-order valence-electron chi connectivity index (χ1n) is 5.91. The minimum absolute atomic E-state index is 0.840. The number of rotatable bonds is 7. The van der Waals surface area contributed by atoms with Gasteiger partial charge in [0.05, 0.1) is 14.2 Å². The number of ether oxygens (including phenoxy) is 2. The Hall–Kier alpha value is -1.48. The molecule has 0 fully saturated rings. The van der Waals surface area contributed by atoms with Crippen molar-refractivity contribution in [1.82, 2.24) is 5.32 Å². The number of methoxy groups -OCH3 is 2. The highest BCUT2D eigenvalue weighted by molar-refractivity contribution is 5.59. The molecule has 0 spiro atoms. The van der Waals surface area contributed by atoms with E-state index in [1.165, 1.54) is 0 Å². The lowest BCUT2D eigenvalue weighted by Crippen LogP contribution is -2.13. The second-order valence-electron chi connectivity index (χ2n) is 3.71. The first-order valence-corrected chi connectivity index (χ1v) is 5.91. The van der Waals surface area contributed by atoms with E-state index in [0.29, 0.717) is 0 Å². The van der Waals surface area contributed by atoms with E-state index >= 15 is 0 Å². The zero-order valence-electron chi connectivity index (χ0n) is 10.8. The first-order chi connectivity index (χ1) is 8.31. The van der Waals surface area contributed by atoms with Gasteiger partial charge in [0.25, 0.3) is 0 Å². The Bertz CT molecular complexity index is 361. The van der Waals surface area contributed by atoms with Crippen molar-refractivity contribution in [2.45, 2.75) is 13.3 Å². The van der Waals surface area contributed by atoms with Gasteiger partial charge in [-0.05, 0) is 31.2 Å². The Kier molecular flexibility index (Phi) is 6.18. The molecule has 0 aliphatic carbocycles. The Balaban J connectivity index is 2.66. The van der Waals surface area contributed by atoms with E-state index in [0.717, 1.165) is 36.6 Å². The quantitative estimate of drug-likeness (QED) is 0.737. The van der Waals surface area contributed by atoms with E-state index in [1.807, 2.05) is 24.3 Å². The summed E-state index contributed by atoms with van der Waals surface area (Å²) in [5.41, 5.74) is 1.03. The van der Waals surface area contributed by atoms with Crippen molar-refractivity contribution in [3.63, 3.8) is 0 Å². The molecular formula is C14H21NO2. The zero-order valence-corrected chi connectivity index (χ0v) is 10.8. The molecule has 0 bridgehead atoms. The van der Waals surface area contributed by atoms with Gasteiger partial charge in [-0.3, -0.25) is 0 Å². The molecule has 0 unspecified atom stereocenters. The maximum atomic E-state index is 5.30. The molecule has 0 aromatic heterocycles. The number of hydrogen-bond acceptors (Lipinski definition) is 3. The monoisotopic (exact) mass is 235 g/mol. The van der Waals surface area contributed by atoms with Crippen molar-refractivity contribution in [3.05, 3.63) is 29.8 Å². The molecule has 1 aromatic rings. The number of nitrogens with one attached hydrogen (secondary N) is 1. The maximum absolute atomic E-state index is 5.30. The van der Waals surface area contributed by atoms with Crippen LogP contribution in [0.15, 0.2) is 24.3 Å². The van der Waals surface area contributed by atoms with E-state index < -0.39 is 0 Å². The van der Waals surface area contributed by atoms with Crippen LogP contribution in [0.1, 0.15) is 18.9 Å². The van der Waals surface area contributed by atoms with Gasteiger partial charge in [0.2, 0.25) is 0 Å². The third kappa shape index (κ3) is 4.49. The molecule has 0 saturated carbocycles. The first kappa shape index (κ1) is 13.6. The average molecular weight is 235 g/mol. The maximum Gasteiger partial charge on any atom is 0.126 e. The molecule has 0 heterocycles. The fourth-order valence-corrected chi connectivity index (χ4v) is 1.52. The van der Waals surface area contributed by atoms with Gasteiger partial charge in [-0.15, -0.1) is 0 Å². The minimum Gasteiger partial charge on any atom is -0.497 e. The van der Waals surface area contributed by atoms with Gasteiger partial charge < -0.3 is 14.8 Å². The summed E-state index contributed by atoms with van der Waals surface area (Å²) in [4.78, 5) is 0. The van der Waals surface area contributed by atoms with Gasteiger partial charge in [-0.25, -0.2) is 0 Å². The van der Waals surface area contributed by atoms with Crippen molar-refractivity contribution in [2.75, 3.05) is 27.3 Å². The van der Waals surface area contributed by atoms with Crippen LogP contribution in [0.25, 0.3) is 6.08 Å². The van der Waals surface area contributed by atoms with Crippen molar-refractivity contribution in [1.29, 1.82) is 0 Å². The topological polar surface area (TPSA) is 30.5 Å². The lowest BCUT2D eigenvalue weighted by atomic mass is 10.1. The summed E-state index contributed by atoms with van der Waals surface area (Å²) in [6, 6.07) is 5.78. The minimum atomic E-state index is 0.840. The standard InChI is InChI=1S/C14H21NO2/c1-4-9-15-10-5-6-12-11-13(16-2)7-8-14(12)17-3/h5-8,11,15H,4,9-10H2,1-3H3. The zero-order chi connectivity index (χ0) is 12.5. The average Bonchev–Trinajstić information content (AvgIpc) is 2.38. The van der Waals surface area contributed by atoms with Crippen LogP contribution in [-0.4, -0.2) is 27.3 Å². The van der Waals surface area contributed by atoms with Gasteiger partial charge in [0, 0.05) is 12.1 Å². The van der Waals surface area contributed by atoms with Crippen LogP contribution in [0.5, 0.6) is 11.5 Å². The summed E-state index contributed by atoms with van der Waals surface area (Å²) < 4.78 is 10.5. The molecule has 0 atom stereocenters. The van der Waals surface area contributed by atoms with E-state index in [-0.39, 0.29) is 0 Å². The highest BCUT2D eigenvalue weighted by Gasteiger charge is 2.01. The molecule has 17 heavy (non-hydrogen) atoms. The second kappa shape index (κ2) is 7.74. The summed E-state index contributed by atoms with van der Waals surface area (Å²) in [5.74, 6) is 1.70. The van der Waals surface area contributed by atoms with Crippen molar-refractivity contribution >= 4 is 6.08 Å². The molecule has 3 nitrogen and oxygen atoms in total. The Labute approximate surface area is 103 Å². The Morgan fingerprint density at radius 1 is 1.24 bits per heavy atom.